The van der Waals surface area contributed by atoms with Gasteiger partial charge in [-0.3, -0.25) is 11.3 Å². The summed E-state index contributed by atoms with van der Waals surface area (Å²) < 4.78 is 1.13. The average Bonchev–Trinajstić information content (AvgIpc) is 2.48. The van der Waals surface area contributed by atoms with Gasteiger partial charge in [-0.05, 0) is 42.0 Å². The van der Waals surface area contributed by atoms with Crippen LogP contribution in [0.4, 0.5) is 0 Å². The van der Waals surface area contributed by atoms with Crippen LogP contribution in [0.1, 0.15) is 35.2 Å². The van der Waals surface area contributed by atoms with Crippen molar-refractivity contribution in [1.82, 2.24) is 5.43 Å². The molecule has 3 N–H and O–H groups in total. The first-order chi connectivity index (χ1) is 9.65. The Morgan fingerprint density at radius 1 is 1.10 bits per heavy atom. The fourth-order valence-corrected chi connectivity index (χ4v) is 2.89. The van der Waals surface area contributed by atoms with Crippen molar-refractivity contribution in [2.24, 2.45) is 5.84 Å². The van der Waals surface area contributed by atoms with Gasteiger partial charge in [-0.2, -0.15) is 0 Å². The first-order valence-corrected chi connectivity index (χ1v) is 7.74. The highest BCUT2D eigenvalue weighted by Crippen LogP contribution is 2.28. The summed E-state index contributed by atoms with van der Waals surface area (Å²) in [5.74, 6) is 5.76. The fourth-order valence-electron chi connectivity index (χ4n) is 2.34. The highest BCUT2D eigenvalue weighted by atomic mass is 79.9. The number of benzene rings is 2. The first kappa shape index (κ1) is 15.2. The maximum atomic E-state index is 5.76. The smallest absolute Gasteiger partial charge is 0.0511 e. The minimum Gasteiger partial charge on any atom is -0.271 e. The zero-order valence-corrected chi connectivity index (χ0v) is 13.6. The molecule has 2 aromatic carbocycles. The predicted octanol–water partition coefficient (Wildman–Crippen LogP) is 4.07. The van der Waals surface area contributed by atoms with E-state index >= 15 is 0 Å². The maximum Gasteiger partial charge on any atom is 0.0511 e. The molecule has 0 saturated heterocycles. The summed E-state index contributed by atoms with van der Waals surface area (Å²) in [5.41, 5.74) is 8.01. The van der Waals surface area contributed by atoms with E-state index in [0.717, 1.165) is 17.3 Å². The molecule has 0 saturated carbocycles. The van der Waals surface area contributed by atoms with E-state index in [1.807, 2.05) is 0 Å². The summed E-state index contributed by atoms with van der Waals surface area (Å²) in [5, 5.41) is 0. The van der Waals surface area contributed by atoms with Crippen molar-refractivity contribution >= 4 is 15.9 Å². The molecule has 0 aliphatic carbocycles. The van der Waals surface area contributed by atoms with E-state index in [2.05, 4.69) is 77.7 Å². The Bertz CT molecular complexity index is 564. The van der Waals surface area contributed by atoms with E-state index in [1.54, 1.807) is 0 Å². The van der Waals surface area contributed by atoms with Gasteiger partial charge >= 0.3 is 0 Å². The molecule has 106 valence electrons. The lowest BCUT2D eigenvalue weighted by atomic mass is 9.97. The SMILES string of the molecule is CCc1ccc(CC(NN)c2cccc(C)c2Br)cc1. The molecule has 20 heavy (non-hydrogen) atoms. The minimum absolute atomic E-state index is 0.108. The molecule has 0 aliphatic heterocycles. The number of rotatable bonds is 5. The van der Waals surface area contributed by atoms with Gasteiger partial charge < -0.3 is 0 Å². The summed E-state index contributed by atoms with van der Waals surface area (Å²) in [6.07, 6.45) is 1.95. The fraction of sp³-hybridized carbons (Fsp3) is 0.294. The van der Waals surface area contributed by atoms with E-state index in [0.29, 0.717) is 0 Å². The van der Waals surface area contributed by atoms with Crippen molar-refractivity contribution in [2.45, 2.75) is 32.7 Å². The van der Waals surface area contributed by atoms with Crippen LogP contribution in [0.3, 0.4) is 0 Å². The van der Waals surface area contributed by atoms with Gasteiger partial charge in [0.05, 0.1) is 6.04 Å². The largest absolute Gasteiger partial charge is 0.271 e. The number of hydrogen-bond acceptors (Lipinski definition) is 2. The van der Waals surface area contributed by atoms with Crippen molar-refractivity contribution in [1.29, 1.82) is 0 Å². The van der Waals surface area contributed by atoms with Crippen molar-refractivity contribution < 1.29 is 0 Å². The molecule has 0 aliphatic rings. The lowest BCUT2D eigenvalue weighted by Crippen LogP contribution is -2.30. The molecule has 1 unspecified atom stereocenters. The summed E-state index contributed by atoms with van der Waals surface area (Å²) in [7, 11) is 0. The van der Waals surface area contributed by atoms with Crippen LogP contribution in [0, 0.1) is 6.92 Å². The molecule has 2 rings (SSSR count). The van der Waals surface area contributed by atoms with Crippen LogP contribution < -0.4 is 11.3 Å². The van der Waals surface area contributed by atoms with Gasteiger partial charge in [-0.1, -0.05) is 65.3 Å². The highest BCUT2D eigenvalue weighted by molar-refractivity contribution is 9.10. The van der Waals surface area contributed by atoms with Gasteiger partial charge in [-0.25, -0.2) is 0 Å². The van der Waals surface area contributed by atoms with Crippen molar-refractivity contribution in [3.8, 4) is 0 Å². The molecule has 1 atom stereocenters. The lowest BCUT2D eigenvalue weighted by Gasteiger charge is -2.19. The normalized spacial score (nSPS) is 12.4. The van der Waals surface area contributed by atoms with Crippen LogP contribution in [0.15, 0.2) is 46.9 Å². The van der Waals surface area contributed by atoms with Crippen LogP contribution in [-0.2, 0) is 12.8 Å². The van der Waals surface area contributed by atoms with Crippen LogP contribution in [0.5, 0.6) is 0 Å². The first-order valence-electron chi connectivity index (χ1n) is 6.94. The van der Waals surface area contributed by atoms with Gasteiger partial charge in [0, 0.05) is 4.47 Å². The summed E-state index contributed by atoms with van der Waals surface area (Å²) >= 11 is 3.66. The number of halogens is 1. The zero-order chi connectivity index (χ0) is 14.5. The molecular formula is C17H21BrN2. The second-order valence-corrected chi connectivity index (χ2v) is 5.86. The summed E-state index contributed by atoms with van der Waals surface area (Å²) in [4.78, 5) is 0. The van der Waals surface area contributed by atoms with Crippen LogP contribution in [0.2, 0.25) is 0 Å². The topological polar surface area (TPSA) is 38.0 Å². The minimum atomic E-state index is 0.108. The van der Waals surface area contributed by atoms with Gasteiger partial charge in [0.25, 0.3) is 0 Å². The molecule has 3 heteroatoms. The summed E-state index contributed by atoms with van der Waals surface area (Å²) in [6.45, 7) is 4.26. The lowest BCUT2D eigenvalue weighted by molar-refractivity contribution is 0.549. The third kappa shape index (κ3) is 3.48. The molecule has 0 spiro atoms. The second kappa shape index (κ2) is 7.02. The van der Waals surface area contributed by atoms with Gasteiger partial charge in [-0.15, -0.1) is 0 Å². The van der Waals surface area contributed by atoms with E-state index in [1.165, 1.54) is 22.3 Å². The zero-order valence-electron chi connectivity index (χ0n) is 12.0. The molecule has 0 fully saturated rings. The van der Waals surface area contributed by atoms with Crippen molar-refractivity contribution in [2.75, 3.05) is 0 Å². The molecule has 2 nitrogen and oxygen atoms in total. The maximum absolute atomic E-state index is 5.76. The highest BCUT2D eigenvalue weighted by Gasteiger charge is 2.14. The number of nitrogens with one attached hydrogen (secondary N) is 1. The van der Waals surface area contributed by atoms with Gasteiger partial charge in [0.1, 0.15) is 0 Å². The standard InChI is InChI=1S/C17H21BrN2/c1-3-13-7-9-14(10-8-13)11-16(20-19)15-6-4-5-12(2)17(15)18/h4-10,16,20H,3,11,19H2,1-2H3. The van der Waals surface area contributed by atoms with Crippen LogP contribution in [-0.4, -0.2) is 0 Å². The quantitative estimate of drug-likeness (QED) is 0.639. The Hall–Kier alpha value is -1.16. The molecule has 0 aromatic heterocycles. The number of aryl methyl sites for hydroxylation is 2. The van der Waals surface area contributed by atoms with Crippen LogP contribution in [0.25, 0.3) is 0 Å². The number of hydrogen-bond donors (Lipinski definition) is 2. The number of hydrazine groups is 1. The molecule has 0 radical (unpaired) electrons. The van der Waals surface area contributed by atoms with Crippen LogP contribution >= 0.6 is 15.9 Å². The Kier molecular flexibility index (Phi) is 5.35. The van der Waals surface area contributed by atoms with E-state index in [9.17, 15) is 0 Å². The third-order valence-corrected chi connectivity index (χ3v) is 4.75. The van der Waals surface area contributed by atoms with E-state index in [4.69, 9.17) is 5.84 Å². The van der Waals surface area contributed by atoms with E-state index in [-0.39, 0.29) is 6.04 Å². The molecular weight excluding hydrogens is 312 g/mol. The Morgan fingerprint density at radius 3 is 2.35 bits per heavy atom. The molecule has 0 bridgehead atoms. The monoisotopic (exact) mass is 332 g/mol. The molecule has 0 heterocycles. The Morgan fingerprint density at radius 2 is 1.75 bits per heavy atom. The second-order valence-electron chi connectivity index (χ2n) is 5.07. The third-order valence-electron chi connectivity index (χ3n) is 3.67. The Labute approximate surface area is 129 Å². The van der Waals surface area contributed by atoms with Crippen molar-refractivity contribution in [3.63, 3.8) is 0 Å². The van der Waals surface area contributed by atoms with Gasteiger partial charge in [0.15, 0.2) is 0 Å². The van der Waals surface area contributed by atoms with Crippen molar-refractivity contribution in [3.05, 3.63) is 69.2 Å². The van der Waals surface area contributed by atoms with Gasteiger partial charge in [0.2, 0.25) is 0 Å². The average molecular weight is 333 g/mol. The Balaban J connectivity index is 2.21. The molecule has 0 amide bonds. The number of nitrogens with two attached hydrogens (primary N) is 1. The van der Waals surface area contributed by atoms with E-state index < -0.39 is 0 Å². The molecule has 2 aromatic rings. The predicted molar refractivity (Wildman–Crippen MR) is 88.5 cm³/mol. The summed E-state index contributed by atoms with van der Waals surface area (Å²) in [6, 6.07) is 15.1.